The summed E-state index contributed by atoms with van der Waals surface area (Å²) in [6.45, 7) is 21.6. The van der Waals surface area contributed by atoms with E-state index in [2.05, 4.69) is 111 Å². The number of halogens is 2. The van der Waals surface area contributed by atoms with Crippen LogP contribution >= 0.6 is 24.8 Å². The molecule has 2 aliphatic rings. The van der Waals surface area contributed by atoms with Crippen molar-refractivity contribution in [2.75, 3.05) is 0 Å². The fourth-order valence-electron chi connectivity index (χ4n) is 6.79. The molecule has 0 atom stereocenters. The van der Waals surface area contributed by atoms with Gasteiger partial charge in [0.2, 0.25) is 0 Å². The molecule has 4 rings (SSSR count). The zero-order valence-electron chi connectivity index (χ0n) is 23.9. The molecule has 0 saturated carbocycles. The van der Waals surface area contributed by atoms with E-state index in [1.54, 1.807) is 11.1 Å². The molecule has 4 heteroatoms. The van der Waals surface area contributed by atoms with Crippen LogP contribution in [0.5, 0.6) is 0 Å². The van der Waals surface area contributed by atoms with Crippen molar-refractivity contribution in [1.29, 1.82) is 0 Å². The van der Waals surface area contributed by atoms with E-state index in [1.807, 2.05) is 6.55 Å². The van der Waals surface area contributed by atoms with Gasteiger partial charge in [-0.3, -0.25) is 0 Å². The summed E-state index contributed by atoms with van der Waals surface area (Å²) in [6.07, 6.45) is 12.2. The predicted octanol–water partition coefficient (Wildman–Crippen LogP) is 9.06. The average molecular weight is 623 g/mol. The molecule has 2 aliphatic carbocycles. The third-order valence-corrected chi connectivity index (χ3v) is 35.9. The minimum Gasteiger partial charge on any atom is -0.147 e. The predicted molar refractivity (Wildman–Crippen MR) is 167 cm³/mol. The van der Waals surface area contributed by atoms with Gasteiger partial charge < -0.3 is 0 Å². The summed E-state index contributed by atoms with van der Waals surface area (Å²) < 4.78 is 6.51. The Morgan fingerprint density at radius 3 is 1.89 bits per heavy atom. The van der Waals surface area contributed by atoms with Gasteiger partial charge in [-0.2, -0.15) is 0 Å². The summed E-state index contributed by atoms with van der Waals surface area (Å²) in [5.74, 6) is 0. The quantitative estimate of drug-likeness (QED) is 0.241. The minimum absolute atomic E-state index is 0. The summed E-state index contributed by atoms with van der Waals surface area (Å²) in [5.41, 5.74) is 9.58. The molecule has 0 bridgehead atoms. The number of rotatable bonds is 6. The van der Waals surface area contributed by atoms with E-state index in [4.69, 9.17) is 0 Å². The smallest absolute Gasteiger partial charge is 0.147 e. The molecule has 0 N–H and O–H groups in total. The maximum atomic E-state index is 2.72. The Labute approximate surface area is 236 Å². The molecule has 2 aromatic carbocycles. The average Bonchev–Trinajstić information content (AvgIpc) is 3.40. The number of hydrogen-bond acceptors (Lipinski definition) is 0. The molecule has 36 heavy (non-hydrogen) atoms. The zero-order valence-corrected chi connectivity index (χ0v) is 29.4. The van der Waals surface area contributed by atoms with Crippen LogP contribution in [-0.2, 0) is 34.6 Å². The van der Waals surface area contributed by atoms with Gasteiger partial charge >= 0.3 is 213 Å². The molecule has 0 radical (unpaired) electrons. The van der Waals surface area contributed by atoms with Gasteiger partial charge in [0, 0.05) is 0 Å². The van der Waals surface area contributed by atoms with Crippen LogP contribution in [0.15, 0.2) is 51.8 Å². The first kappa shape index (κ1) is 31.8. The maximum absolute atomic E-state index is 3.47. The summed E-state index contributed by atoms with van der Waals surface area (Å²) in [6, 6.07) is 12.6. The van der Waals surface area contributed by atoms with Gasteiger partial charge in [-0.1, -0.05) is 0 Å². The van der Waals surface area contributed by atoms with E-state index in [0.29, 0.717) is 0 Å². The van der Waals surface area contributed by atoms with Crippen molar-refractivity contribution in [2.45, 2.75) is 100 Å². The first-order valence-electron chi connectivity index (χ1n) is 13.5. The second kappa shape index (κ2) is 11.0. The van der Waals surface area contributed by atoms with Crippen molar-refractivity contribution < 1.29 is 17.4 Å². The van der Waals surface area contributed by atoms with E-state index in [1.165, 1.54) is 49.8 Å². The molecular formula is C32H48Cl2SiZr. The number of allylic oxidation sites excluding steroid dienone is 4. The third kappa shape index (κ3) is 5.36. The molecule has 0 heterocycles. The summed E-state index contributed by atoms with van der Waals surface area (Å²) in [4.78, 5) is 0. The van der Waals surface area contributed by atoms with Crippen molar-refractivity contribution in [2.24, 2.45) is 0 Å². The van der Waals surface area contributed by atoms with Crippen LogP contribution in [0.4, 0.5) is 0 Å². The minimum atomic E-state index is -3.47. The maximum Gasteiger partial charge on any atom is -0.147 e. The van der Waals surface area contributed by atoms with E-state index >= 15 is 0 Å². The van der Waals surface area contributed by atoms with Crippen LogP contribution in [0.3, 0.4) is 0 Å². The molecule has 0 unspecified atom stereocenters. The second-order valence-electron chi connectivity index (χ2n) is 13.4. The monoisotopic (exact) mass is 620 g/mol. The van der Waals surface area contributed by atoms with E-state index in [-0.39, 0.29) is 35.6 Å². The number of hydrogen-bond donors (Lipinski definition) is 0. The topological polar surface area (TPSA) is 0 Å². The van der Waals surface area contributed by atoms with Crippen LogP contribution in [0.25, 0.3) is 11.1 Å². The largest absolute Gasteiger partial charge is 0.147 e. The SMILES string of the molecule is CC[CH2][Zr](=[SiH2])([CH2]CC)([C]1=CC=CC1)[c]1cc(C(C)(C)C)cc2c1Cc1ccc(C(C)(C)C)cc1-2.Cl.Cl. The van der Waals surface area contributed by atoms with E-state index in [0.717, 1.165) is 6.42 Å². The van der Waals surface area contributed by atoms with Crippen LogP contribution in [-0.4, -0.2) is 6.88 Å². The van der Waals surface area contributed by atoms with Gasteiger partial charge in [-0.15, -0.1) is 24.8 Å². The molecule has 0 aliphatic heterocycles. The van der Waals surface area contributed by atoms with Crippen molar-refractivity contribution in [3.8, 4) is 11.1 Å². The van der Waals surface area contributed by atoms with Gasteiger partial charge in [0.25, 0.3) is 0 Å². The Morgan fingerprint density at radius 1 is 0.806 bits per heavy atom. The first-order chi connectivity index (χ1) is 15.8. The Hall–Kier alpha value is -0.400. The standard InChI is InChI=1S/C21H25.C5H5.2C3H7.2ClH.H2Si.Zr/c1-20(2,3)16-9-7-14-11-15-8-10-17(21(4,5)6)13-19(15)18(14)12-16;1-2-4-5-3-1;2*1-3-2;;;;/h7,9-10,12-13H,11H2,1-6H3;1-3H,4H2;2*1,3H2,2H3;2*1H;1H2;. The zero-order chi connectivity index (χ0) is 25.0. The molecule has 0 aromatic heterocycles. The summed E-state index contributed by atoms with van der Waals surface area (Å²) >= 11 is -3.47. The fourth-order valence-corrected chi connectivity index (χ4v) is 31.4. The Kier molecular flexibility index (Phi) is 9.72. The Bertz CT molecular complexity index is 1240. The summed E-state index contributed by atoms with van der Waals surface area (Å²) in [5, 5.41) is 0. The van der Waals surface area contributed by atoms with Crippen molar-refractivity contribution in [3.05, 3.63) is 74.1 Å². The Balaban J connectivity index is 0.00000228. The molecule has 0 saturated heterocycles. The molecule has 0 spiro atoms. The fraction of sp³-hybridized carbons (Fsp3) is 0.500. The van der Waals surface area contributed by atoms with Gasteiger partial charge in [0.1, 0.15) is 0 Å². The van der Waals surface area contributed by atoms with Crippen LogP contribution in [0, 0.1) is 0 Å². The number of benzene rings is 2. The van der Waals surface area contributed by atoms with Gasteiger partial charge in [-0.25, -0.2) is 0 Å². The van der Waals surface area contributed by atoms with E-state index < -0.39 is 17.4 Å². The molecular weight excluding hydrogens is 575 g/mol. The molecule has 0 amide bonds. The second-order valence-corrected chi connectivity index (χ2v) is 38.3. The van der Waals surface area contributed by atoms with Crippen LogP contribution in [0.2, 0.25) is 8.26 Å². The normalized spacial score (nSPS) is 15.1. The van der Waals surface area contributed by atoms with Crippen molar-refractivity contribution in [3.63, 3.8) is 0 Å². The molecule has 0 nitrogen and oxygen atoms in total. The number of fused-ring (bicyclic) bond motifs is 3. The van der Waals surface area contributed by atoms with Gasteiger partial charge in [0.15, 0.2) is 0 Å². The third-order valence-electron chi connectivity index (χ3n) is 8.78. The van der Waals surface area contributed by atoms with Crippen LogP contribution < -0.4 is 3.27 Å². The van der Waals surface area contributed by atoms with E-state index in [9.17, 15) is 0 Å². The molecule has 2 aromatic rings. The molecule has 0 fully saturated rings. The van der Waals surface area contributed by atoms with Gasteiger partial charge in [0.05, 0.1) is 0 Å². The van der Waals surface area contributed by atoms with Crippen LogP contribution in [0.1, 0.15) is 96.9 Å². The summed E-state index contributed by atoms with van der Waals surface area (Å²) in [7, 11) is 0. The van der Waals surface area contributed by atoms with Crippen molar-refractivity contribution in [1.82, 2.24) is 0 Å². The van der Waals surface area contributed by atoms with Gasteiger partial charge in [-0.05, 0) is 0 Å². The van der Waals surface area contributed by atoms with Crippen molar-refractivity contribution >= 4 is 35.0 Å². The Morgan fingerprint density at radius 2 is 1.39 bits per heavy atom. The molecule has 198 valence electrons. The first-order valence-corrected chi connectivity index (χ1v) is 25.4.